The van der Waals surface area contributed by atoms with E-state index in [2.05, 4.69) is 20.8 Å². The Morgan fingerprint density at radius 3 is 2.80 bits per heavy atom. The average Bonchev–Trinajstić information content (AvgIpc) is 3.05. The molecule has 0 radical (unpaired) electrons. The van der Waals surface area contributed by atoms with Gasteiger partial charge in [0.1, 0.15) is 0 Å². The van der Waals surface area contributed by atoms with Crippen LogP contribution >= 0.6 is 23.8 Å². The van der Waals surface area contributed by atoms with Crippen LogP contribution in [0.2, 0.25) is 5.02 Å². The number of rotatable bonds is 4. The third-order valence-corrected chi connectivity index (χ3v) is 4.23. The van der Waals surface area contributed by atoms with E-state index in [0.29, 0.717) is 28.4 Å². The van der Waals surface area contributed by atoms with E-state index in [1.165, 1.54) is 0 Å². The second-order valence-corrected chi connectivity index (χ2v) is 6.47. The summed E-state index contributed by atoms with van der Waals surface area (Å²) in [4.78, 5) is 4.38. The van der Waals surface area contributed by atoms with Crippen LogP contribution in [0.3, 0.4) is 0 Å². The molecule has 2 aromatic carbocycles. The minimum atomic E-state index is 0.338. The zero-order chi connectivity index (χ0) is 17.8. The SMILES string of the molecule is Cc1cccc(-c2noc(CNC(=S)Nc3ccc(C)c(Cl)c3)n2)c1. The van der Waals surface area contributed by atoms with Gasteiger partial charge in [-0.15, -0.1) is 0 Å². The van der Waals surface area contributed by atoms with E-state index in [9.17, 15) is 0 Å². The van der Waals surface area contributed by atoms with Gasteiger partial charge in [-0.25, -0.2) is 0 Å². The largest absolute Gasteiger partial charge is 0.353 e. The van der Waals surface area contributed by atoms with Crippen LogP contribution in [-0.2, 0) is 6.54 Å². The van der Waals surface area contributed by atoms with E-state index < -0.39 is 0 Å². The van der Waals surface area contributed by atoms with Gasteiger partial charge in [-0.2, -0.15) is 4.98 Å². The molecule has 0 fully saturated rings. The molecule has 25 heavy (non-hydrogen) atoms. The summed E-state index contributed by atoms with van der Waals surface area (Å²) in [6.07, 6.45) is 0. The first-order chi connectivity index (χ1) is 12.0. The predicted octanol–water partition coefficient (Wildman–Crippen LogP) is 4.49. The fourth-order valence-electron chi connectivity index (χ4n) is 2.23. The number of nitrogens with one attached hydrogen (secondary N) is 2. The van der Waals surface area contributed by atoms with Gasteiger partial charge in [0.2, 0.25) is 11.7 Å². The molecule has 0 amide bonds. The van der Waals surface area contributed by atoms with Crippen molar-refractivity contribution in [3.05, 3.63) is 64.5 Å². The Balaban J connectivity index is 1.58. The van der Waals surface area contributed by atoms with Crippen molar-refractivity contribution in [3.63, 3.8) is 0 Å². The Kier molecular flexibility index (Phi) is 5.31. The molecule has 1 heterocycles. The molecule has 0 saturated carbocycles. The molecule has 3 aromatic rings. The Morgan fingerprint density at radius 1 is 1.20 bits per heavy atom. The minimum Gasteiger partial charge on any atom is -0.353 e. The number of thiocarbonyl (C=S) groups is 1. The maximum Gasteiger partial charge on any atom is 0.246 e. The summed E-state index contributed by atoms with van der Waals surface area (Å²) < 4.78 is 5.26. The van der Waals surface area contributed by atoms with E-state index in [1.54, 1.807) is 0 Å². The Morgan fingerprint density at radius 2 is 2.04 bits per heavy atom. The highest BCUT2D eigenvalue weighted by molar-refractivity contribution is 7.80. The summed E-state index contributed by atoms with van der Waals surface area (Å²) in [5, 5.41) is 11.3. The van der Waals surface area contributed by atoms with Crippen LogP contribution in [0.1, 0.15) is 17.0 Å². The van der Waals surface area contributed by atoms with E-state index in [0.717, 1.165) is 22.4 Å². The highest BCUT2D eigenvalue weighted by atomic mass is 35.5. The lowest BCUT2D eigenvalue weighted by atomic mass is 10.1. The molecule has 0 unspecified atom stereocenters. The molecule has 2 N–H and O–H groups in total. The minimum absolute atomic E-state index is 0.338. The molecule has 0 aliphatic carbocycles. The van der Waals surface area contributed by atoms with E-state index in [-0.39, 0.29) is 0 Å². The Bertz CT molecular complexity index is 910. The fraction of sp³-hybridized carbons (Fsp3) is 0.167. The monoisotopic (exact) mass is 372 g/mol. The van der Waals surface area contributed by atoms with Crippen molar-refractivity contribution in [2.75, 3.05) is 5.32 Å². The van der Waals surface area contributed by atoms with E-state index >= 15 is 0 Å². The second-order valence-electron chi connectivity index (χ2n) is 5.65. The lowest BCUT2D eigenvalue weighted by Gasteiger charge is -2.09. The van der Waals surface area contributed by atoms with Gasteiger partial charge in [0, 0.05) is 16.3 Å². The molecule has 3 rings (SSSR count). The molecule has 0 saturated heterocycles. The van der Waals surface area contributed by atoms with Crippen molar-refractivity contribution >= 4 is 34.6 Å². The van der Waals surface area contributed by atoms with Crippen molar-refractivity contribution in [2.24, 2.45) is 0 Å². The van der Waals surface area contributed by atoms with Crippen molar-refractivity contribution in [3.8, 4) is 11.4 Å². The molecular weight excluding hydrogens is 356 g/mol. The quantitative estimate of drug-likeness (QED) is 0.658. The molecule has 0 bridgehead atoms. The van der Waals surface area contributed by atoms with Crippen molar-refractivity contribution < 1.29 is 4.52 Å². The van der Waals surface area contributed by atoms with E-state index in [1.807, 2.05) is 56.3 Å². The van der Waals surface area contributed by atoms with Crippen molar-refractivity contribution in [1.29, 1.82) is 0 Å². The van der Waals surface area contributed by atoms with Crippen LogP contribution in [0, 0.1) is 13.8 Å². The van der Waals surface area contributed by atoms with Crippen LogP contribution in [0.4, 0.5) is 5.69 Å². The summed E-state index contributed by atoms with van der Waals surface area (Å²) in [6.45, 7) is 4.31. The molecular formula is C18H17ClN4OS. The summed E-state index contributed by atoms with van der Waals surface area (Å²) in [5.74, 6) is 1.02. The highest BCUT2D eigenvalue weighted by Gasteiger charge is 2.09. The predicted molar refractivity (Wildman–Crippen MR) is 104 cm³/mol. The number of benzene rings is 2. The number of hydrogen-bond acceptors (Lipinski definition) is 4. The first-order valence-corrected chi connectivity index (χ1v) is 8.50. The first kappa shape index (κ1) is 17.4. The van der Waals surface area contributed by atoms with Crippen LogP contribution in [0.5, 0.6) is 0 Å². The topological polar surface area (TPSA) is 63.0 Å². The molecule has 0 aliphatic heterocycles. The summed E-state index contributed by atoms with van der Waals surface area (Å²) in [6, 6.07) is 13.6. The second kappa shape index (κ2) is 7.63. The summed E-state index contributed by atoms with van der Waals surface area (Å²) in [7, 11) is 0. The molecule has 0 spiro atoms. The van der Waals surface area contributed by atoms with Crippen LogP contribution in [0.15, 0.2) is 47.0 Å². The van der Waals surface area contributed by atoms with Gasteiger partial charge in [-0.1, -0.05) is 46.6 Å². The lowest BCUT2D eigenvalue weighted by molar-refractivity contribution is 0.376. The Labute approximate surface area is 156 Å². The highest BCUT2D eigenvalue weighted by Crippen LogP contribution is 2.20. The molecule has 0 aliphatic rings. The Hall–Kier alpha value is -2.44. The van der Waals surface area contributed by atoms with Gasteiger partial charge in [0.15, 0.2) is 5.11 Å². The number of halogens is 1. The third kappa shape index (κ3) is 4.55. The number of aromatic nitrogens is 2. The van der Waals surface area contributed by atoms with Gasteiger partial charge in [-0.05, 0) is 49.8 Å². The third-order valence-electron chi connectivity index (χ3n) is 3.57. The lowest BCUT2D eigenvalue weighted by Crippen LogP contribution is -2.28. The molecule has 128 valence electrons. The zero-order valence-electron chi connectivity index (χ0n) is 13.8. The molecule has 5 nitrogen and oxygen atoms in total. The molecule has 7 heteroatoms. The van der Waals surface area contributed by atoms with Crippen molar-refractivity contribution in [1.82, 2.24) is 15.5 Å². The number of anilines is 1. The number of hydrogen-bond donors (Lipinski definition) is 2. The van der Waals surface area contributed by atoms with E-state index in [4.69, 9.17) is 28.3 Å². The van der Waals surface area contributed by atoms with Gasteiger partial charge in [0.05, 0.1) is 6.54 Å². The zero-order valence-corrected chi connectivity index (χ0v) is 15.4. The normalized spacial score (nSPS) is 10.5. The smallest absolute Gasteiger partial charge is 0.246 e. The first-order valence-electron chi connectivity index (χ1n) is 7.72. The number of aryl methyl sites for hydroxylation is 2. The van der Waals surface area contributed by atoms with Crippen LogP contribution < -0.4 is 10.6 Å². The molecule has 0 atom stereocenters. The summed E-state index contributed by atoms with van der Waals surface area (Å²) >= 11 is 11.4. The van der Waals surface area contributed by atoms with Gasteiger partial charge in [-0.3, -0.25) is 0 Å². The van der Waals surface area contributed by atoms with Crippen LogP contribution in [-0.4, -0.2) is 15.3 Å². The summed E-state index contributed by atoms with van der Waals surface area (Å²) in [5.41, 5.74) is 3.90. The van der Waals surface area contributed by atoms with Crippen LogP contribution in [0.25, 0.3) is 11.4 Å². The maximum absolute atomic E-state index is 6.11. The fourth-order valence-corrected chi connectivity index (χ4v) is 2.60. The standard InChI is InChI=1S/C18H17ClN4OS/c1-11-4-3-5-13(8-11)17-22-16(24-23-17)10-20-18(25)21-14-7-6-12(2)15(19)9-14/h3-9H,10H2,1-2H3,(H2,20,21,25). The maximum atomic E-state index is 6.11. The van der Waals surface area contributed by atoms with Gasteiger partial charge < -0.3 is 15.2 Å². The van der Waals surface area contributed by atoms with Gasteiger partial charge >= 0.3 is 0 Å². The average molecular weight is 373 g/mol. The number of nitrogens with zero attached hydrogens (tertiary/aromatic N) is 2. The van der Waals surface area contributed by atoms with Gasteiger partial charge in [0.25, 0.3) is 0 Å². The molecule has 1 aromatic heterocycles. The van der Waals surface area contributed by atoms with Crippen molar-refractivity contribution in [2.45, 2.75) is 20.4 Å².